The fourth-order valence-corrected chi connectivity index (χ4v) is 1.67. The predicted octanol–water partition coefficient (Wildman–Crippen LogP) is 1.55. The third-order valence-corrected chi connectivity index (χ3v) is 2.51. The summed E-state index contributed by atoms with van der Waals surface area (Å²) in [5.74, 6) is 0.821. The molecule has 1 heterocycles. The molecule has 4 nitrogen and oxygen atoms in total. The van der Waals surface area contributed by atoms with Gasteiger partial charge in [0.2, 0.25) is 0 Å². The first-order chi connectivity index (χ1) is 7.74. The Morgan fingerprint density at radius 1 is 1.38 bits per heavy atom. The lowest BCUT2D eigenvalue weighted by Gasteiger charge is -2.07. The molecular weight excluding hydrogens is 202 g/mol. The first-order valence-corrected chi connectivity index (χ1v) is 5.11. The van der Waals surface area contributed by atoms with E-state index >= 15 is 0 Å². The zero-order valence-corrected chi connectivity index (χ0v) is 9.47. The zero-order valence-electron chi connectivity index (χ0n) is 9.47. The highest BCUT2D eigenvalue weighted by molar-refractivity contribution is 5.61. The van der Waals surface area contributed by atoms with Crippen LogP contribution in [0.5, 0.6) is 5.75 Å². The molecule has 0 atom stereocenters. The van der Waals surface area contributed by atoms with Crippen LogP contribution >= 0.6 is 0 Å². The van der Waals surface area contributed by atoms with Crippen molar-refractivity contribution in [3.63, 3.8) is 0 Å². The van der Waals surface area contributed by atoms with Crippen LogP contribution in [0, 0.1) is 0 Å². The summed E-state index contributed by atoms with van der Waals surface area (Å²) in [6.45, 7) is 0.462. The smallest absolute Gasteiger partial charge is 0.123 e. The minimum Gasteiger partial charge on any atom is -0.496 e. The highest BCUT2D eigenvalue weighted by atomic mass is 16.5. The van der Waals surface area contributed by atoms with E-state index in [1.807, 2.05) is 37.5 Å². The van der Waals surface area contributed by atoms with Crippen molar-refractivity contribution < 1.29 is 4.74 Å². The largest absolute Gasteiger partial charge is 0.496 e. The van der Waals surface area contributed by atoms with Crippen molar-refractivity contribution in [1.29, 1.82) is 0 Å². The van der Waals surface area contributed by atoms with Crippen molar-refractivity contribution >= 4 is 0 Å². The van der Waals surface area contributed by atoms with Crippen molar-refractivity contribution in [2.24, 2.45) is 12.8 Å². The summed E-state index contributed by atoms with van der Waals surface area (Å²) < 4.78 is 7.01. The van der Waals surface area contributed by atoms with Crippen LogP contribution in [0.15, 0.2) is 30.5 Å². The molecule has 0 unspecified atom stereocenters. The fourth-order valence-electron chi connectivity index (χ4n) is 1.67. The molecule has 0 saturated carbocycles. The molecule has 2 N–H and O–H groups in total. The van der Waals surface area contributed by atoms with Gasteiger partial charge < -0.3 is 10.5 Å². The summed E-state index contributed by atoms with van der Waals surface area (Å²) >= 11 is 0. The van der Waals surface area contributed by atoms with Crippen LogP contribution in [0.3, 0.4) is 0 Å². The molecule has 1 aromatic carbocycles. The quantitative estimate of drug-likeness (QED) is 0.848. The Labute approximate surface area is 94.6 Å². The van der Waals surface area contributed by atoms with E-state index in [4.69, 9.17) is 10.5 Å². The van der Waals surface area contributed by atoms with E-state index in [1.165, 1.54) is 0 Å². The summed E-state index contributed by atoms with van der Waals surface area (Å²) in [6, 6.07) is 7.90. The third-order valence-electron chi connectivity index (χ3n) is 2.51. The molecule has 0 bridgehead atoms. The summed E-state index contributed by atoms with van der Waals surface area (Å²) in [5.41, 5.74) is 8.67. The van der Waals surface area contributed by atoms with Gasteiger partial charge in [0.25, 0.3) is 0 Å². The average Bonchev–Trinajstić information content (AvgIpc) is 2.75. The van der Waals surface area contributed by atoms with Gasteiger partial charge in [0.15, 0.2) is 0 Å². The second-order valence-electron chi connectivity index (χ2n) is 3.61. The van der Waals surface area contributed by atoms with Gasteiger partial charge in [0.05, 0.1) is 12.8 Å². The maximum atomic E-state index is 5.67. The van der Waals surface area contributed by atoms with Crippen LogP contribution in [0.25, 0.3) is 11.3 Å². The van der Waals surface area contributed by atoms with Gasteiger partial charge >= 0.3 is 0 Å². The molecule has 2 rings (SSSR count). The molecule has 0 fully saturated rings. The molecule has 84 valence electrons. The van der Waals surface area contributed by atoms with Crippen LogP contribution in [-0.4, -0.2) is 16.9 Å². The lowest BCUT2D eigenvalue weighted by atomic mass is 10.1. The normalized spacial score (nSPS) is 10.4. The number of nitrogens with zero attached hydrogens (tertiary/aromatic N) is 2. The maximum Gasteiger partial charge on any atom is 0.123 e. The number of aromatic nitrogens is 2. The second-order valence-corrected chi connectivity index (χ2v) is 3.61. The molecule has 0 amide bonds. The van der Waals surface area contributed by atoms with Gasteiger partial charge in [-0.3, -0.25) is 4.68 Å². The molecular formula is C12H15N3O. The second kappa shape index (κ2) is 4.37. The number of ether oxygens (including phenoxy) is 1. The standard InChI is InChI=1S/C12H15N3O/c1-15-6-5-11(14-15)9-3-4-12(16-2)10(7-9)8-13/h3-7H,8,13H2,1-2H3. The first kappa shape index (κ1) is 10.7. The van der Waals surface area contributed by atoms with Crippen LogP contribution in [0.1, 0.15) is 5.56 Å². The molecule has 0 aliphatic rings. The number of nitrogens with two attached hydrogens (primary N) is 1. The van der Waals surface area contributed by atoms with Crippen molar-refractivity contribution in [2.45, 2.75) is 6.54 Å². The maximum absolute atomic E-state index is 5.67. The zero-order chi connectivity index (χ0) is 11.5. The van der Waals surface area contributed by atoms with Gasteiger partial charge in [0.1, 0.15) is 5.75 Å². The van der Waals surface area contributed by atoms with Crippen LogP contribution in [0.4, 0.5) is 0 Å². The van der Waals surface area contributed by atoms with E-state index < -0.39 is 0 Å². The molecule has 0 aliphatic carbocycles. The molecule has 0 spiro atoms. The van der Waals surface area contributed by atoms with Crippen LogP contribution < -0.4 is 10.5 Å². The number of hydrogen-bond acceptors (Lipinski definition) is 3. The number of aryl methyl sites for hydroxylation is 1. The van der Waals surface area contributed by atoms with Crippen molar-refractivity contribution in [1.82, 2.24) is 9.78 Å². The molecule has 16 heavy (non-hydrogen) atoms. The summed E-state index contributed by atoms with van der Waals surface area (Å²) in [5, 5.41) is 4.35. The molecule has 4 heteroatoms. The Hall–Kier alpha value is -1.81. The molecule has 2 aromatic rings. The average molecular weight is 217 g/mol. The Morgan fingerprint density at radius 2 is 2.19 bits per heavy atom. The van der Waals surface area contributed by atoms with Gasteiger partial charge in [-0.15, -0.1) is 0 Å². The van der Waals surface area contributed by atoms with E-state index in [-0.39, 0.29) is 0 Å². The van der Waals surface area contributed by atoms with Crippen LogP contribution in [0.2, 0.25) is 0 Å². The van der Waals surface area contributed by atoms with Gasteiger partial charge in [-0.25, -0.2) is 0 Å². The monoisotopic (exact) mass is 217 g/mol. The lowest BCUT2D eigenvalue weighted by molar-refractivity contribution is 0.410. The van der Waals surface area contributed by atoms with Gasteiger partial charge in [0, 0.05) is 30.9 Å². The predicted molar refractivity (Wildman–Crippen MR) is 63.1 cm³/mol. The van der Waals surface area contributed by atoms with Crippen molar-refractivity contribution in [3.05, 3.63) is 36.0 Å². The van der Waals surface area contributed by atoms with E-state index in [2.05, 4.69) is 5.10 Å². The Kier molecular flexibility index (Phi) is 2.92. The summed E-state index contributed by atoms with van der Waals surface area (Å²) in [6.07, 6.45) is 1.92. The molecule has 1 aromatic heterocycles. The lowest BCUT2D eigenvalue weighted by Crippen LogP contribution is -2.00. The van der Waals surface area contributed by atoms with Gasteiger partial charge in [-0.1, -0.05) is 0 Å². The fraction of sp³-hybridized carbons (Fsp3) is 0.250. The minimum atomic E-state index is 0.462. The van der Waals surface area contributed by atoms with E-state index in [0.717, 1.165) is 22.6 Å². The van der Waals surface area contributed by atoms with Crippen molar-refractivity contribution in [2.75, 3.05) is 7.11 Å². The van der Waals surface area contributed by atoms with Crippen molar-refractivity contribution in [3.8, 4) is 17.0 Å². The Balaban J connectivity index is 2.43. The summed E-state index contributed by atoms with van der Waals surface area (Å²) in [4.78, 5) is 0. The number of benzene rings is 1. The Morgan fingerprint density at radius 3 is 2.75 bits per heavy atom. The van der Waals surface area contributed by atoms with E-state index in [0.29, 0.717) is 6.54 Å². The van der Waals surface area contributed by atoms with E-state index in [9.17, 15) is 0 Å². The van der Waals surface area contributed by atoms with Crippen LogP contribution in [-0.2, 0) is 13.6 Å². The number of rotatable bonds is 3. The highest BCUT2D eigenvalue weighted by Gasteiger charge is 2.06. The highest BCUT2D eigenvalue weighted by Crippen LogP contribution is 2.25. The van der Waals surface area contributed by atoms with Gasteiger partial charge in [-0.05, 0) is 24.3 Å². The molecule has 0 aliphatic heterocycles. The molecule has 0 radical (unpaired) electrons. The Bertz CT molecular complexity index is 491. The first-order valence-electron chi connectivity index (χ1n) is 5.11. The van der Waals surface area contributed by atoms with E-state index in [1.54, 1.807) is 11.8 Å². The number of methoxy groups -OCH3 is 1. The third kappa shape index (κ3) is 1.92. The SMILES string of the molecule is COc1ccc(-c2ccn(C)n2)cc1CN. The minimum absolute atomic E-state index is 0.462. The topological polar surface area (TPSA) is 53.1 Å². The molecule has 0 saturated heterocycles. The number of hydrogen-bond donors (Lipinski definition) is 1. The summed E-state index contributed by atoms with van der Waals surface area (Å²) in [7, 11) is 3.55. The van der Waals surface area contributed by atoms with Gasteiger partial charge in [-0.2, -0.15) is 5.10 Å².